The first kappa shape index (κ1) is 14.2. The van der Waals surface area contributed by atoms with Crippen LogP contribution in [-0.2, 0) is 6.61 Å². The van der Waals surface area contributed by atoms with Crippen molar-refractivity contribution in [1.29, 1.82) is 0 Å². The van der Waals surface area contributed by atoms with E-state index in [1.807, 2.05) is 42.5 Å². The molecule has 0 aliphatic heterocycles. The molecule has 0 atom stereocenters. The van der Waals surface area contributed by atoms with Gasteiger partial charge in [0.2, 0.25) is 0 Å². The van der Waals surface area contributed by atoms with Gasteiger partial charge < -0.3 is 14.7 Å². The molecule has 0 spiro atoms. The SMILES string of the molecule is O=c1[nH]c(COc2ccccc2-c2cnc[nH]2)nc2ccccc12. The molecule has 0 aliphatic rings. The quantitative estimate of drug-likeness (QED) is 0.606. The fourth-order valence-corrected chi connectivity index (χ4v) is 2.57. The number of H-pyrrole nitrogens is 2. The molecule has 0 radical (unpaired) electrons. The molecule has 0 amide bonds. The average molecular weight is 318 g/mol. The van der Waals surface area contributed by atoms with Crippen LogP contribution in [0.25, 0.3) is 22.2 Å². The number of aromatic nitrogens is 4. The Morgan fingerprint density at radius 1 is 1.04 bits per heavy atom. The van der Waals surface area contributed by atoms with Crippen molar-refractivity contribution in [1.82, 2.24) is 19.9 Å². The number of rotatable bonds is 4. The normalized spacial score (nSPS) is 10.8. The summed E-state index contributed by atoms with van der Waals surface area (Å²) in [5.74, 6) is 1.18. The minimum Gasteiger partial charge on any atom is -0.485 e. The lowest BCUT2D eigenvalue weighted by Gasteiger charge is -2.10. The van der Waals surface area contributed by atoms with Crippen LogP contribution in [0, 0.1) is 0 Å². The summed E-state index contributed by atoms with van der Waals surface area (Å²) in [6, 6.07) is 14.9. The lowest BCUT2D eigenvalue weighted by Crippen LogP contribution is -2.13. The molecule has 24 heavy (non-hydrogen) atoms. The molecule has 2 aromatic heterocycles. The first-order chi connectivity index (χ1) is 11.8. The van der Waals surface area contributed by atoms with Crippen LogP contribution in [0.5, 0.6) is 5.75 Å². The summed E-state index contributed by atoms with van der Waals surface area (Å²) >= 11 is 0. The Kier molecular flexibility index (Phi) is 3.55. The summed E-state index contributed by atoms with van der Waals surface area (Å²) in [4.78, 5) is 26.4. The molecule has 0 saturated heterocycles. The van der Waals surface area contributed by atoms with Crippen molar-refractivity contribution in [3.8, 4) is 17.0 Å². The molecule has 2 N–H and O–H groups in total. The van der Waals surface area contributed by atoms with Crippen LogP contribution in [0.2, 0.25) is 0 Å². The van der Waals surface area contributed by atoms with Gasteiger partial charge in [-0.3, -0.25) is 4.79 Å². The molecule has 0 fully saturated rings. The zero-order chi connectivity index (χ0) is 16.4. The number of para-hydroxylation sites is 2. The van der Waals surface area contributed by atoms with Crippen molar-refractivity contribution < 1.29 is 4.74 Å². The van der Waals surface area contributed by atoms with E-state index in [1.165, 1.54) is 0 Å². The summed E-state index contributed by atoms with van der Waals surface area (Å²) in [6.07, 6.45) is 3.35. The van der Waals surface area contributed by atoms with E-state index < -0.39 is 0 Å². The van der Waals surface area contributed by atoms with E-state index in [2.05, 4.69) is 19.9 Å². The molecule has 118 valence electrons. The topological polar surface area (TPSA) is 83.7 Å². The highest BCUT2D eigenvalue weighted by Crippen LogP contribution is 2.28. The summed E-state index contributed by atoms with van der Waals surface area (Å²) in [5, 5.41) is 0.569. The van der Waals surface area contributed by atoms with Crippen molar-refractivity contribution in [2.75, 3.05) is 0 Å². The van der Waals surface area contributed by atoms with Gasteiger partial charge in [0.25, 0.3) is 5.56 Å². The molecular weight excluding hydrogens is 304 g/mol. The molecule has 4 rings (SSSR count). The van der Waals surface area contributed by atoms with Crippen LogP contribution in [0.15, 0.2) is 65.8 Å². The Bertz CT molecular complexity index is 1040. The standard InChI is InChI=1S/C18H14N4O2/c23-18-13-6-1-3-7-14(13)21-17(22-18)10-24-16-8-4-2-5-12(16)15-9-19-11-20-15/h1-9,11H,10H2,(H,19,20)(H,21,22,23). The Morgan fingerprint density at radius 2 is 1.88 bits per heavy atom. The van der Waals surface area contributed by atoms with Gasteiger partial charge in [-0.1, -0.05) is 24.3 Å². The van der Waals surface area contributed by atoms with E-state index in [0.717, 1.165) is 11.3 Å². The zero-order valence-corrected chi connectivity index (χ0v) is 12.7. The second-order valence-corrected chi connectivity index (χ2v) is 5.28. The van der Waals surface area contributed by atoms with E-state index in [1.54, 1.807) is 18.6 Å². The van der Waals surface area contributed by atoms with Crippen LogP contribution in [0.1, 0.15) is 5.82 Å². The molecule has 0 bridgehead atoms. The van der Waals surface area contributed by atoms with Crippen molar-refractivity contribution in [3.63, 3.8) is 0 Å². The zero-order valence-electron chi connectivity index (χ0n) is 12.7. The number of nitrogens with zero attached hydrogens (tertiary/aromatic N) is 2. The molecule has 0 aliphatic carbocycles. The summed E-state index contributed by atoms with van der Waals surface area (Å²) in [6.45, 7) is 0.172. The van der Waals surface area contributed by atoms with Gasteiger partial charge in [-0.2, -0.15) is 0 Å². The smallest absolute Gasteiger partial charge is 0.258 e. The van der Waals surface area contributed by atoms with Gasteiger partial charge in [0.05, 0.1) is 29.1 Å². The second-order valence-electron chi connectivity index (χ2n) is 5.28. The predicted octanol–water partition coefficient (Wildman–Crippen LogP) is 2.89. The number of imidazole rings is 1. The van der Waals surface area contributed by atoms with Crippen LogP contribution in [0.3, 0.4) is 0 Å². The second kappa shape index (κ2) is 6.00. The van der Waals surface area contributed by atoms with E-state index in [4.69, 9.17) is 4.74 Å². The van der Waals surface area contributed by atoms with Crippen molar-refractivity contribution in [3.05, 3.63) is 77.2 Å². The Labute approximate surface area is 137 Å². The number of hydrogen-bond acceptors (Lipinski definition) is 4. The maximum Gasteiger partial charge on any atom is 0.258 e. The number of benzene rings is 2. The average Bonchev–Trinajstić information content (AvgIpc) is 3.15. The first-order valence-electron chi connectivity index (χ1n) is 7.50. The first-order valence-corrected chi connectivity index (χ1v) is 7.50. The van der Waals surface area contributed by atoms with Crippen LogP contribution >= 0.6 is 0 Å². The molecule has 4 aromatic rings. The lowest BCUT2D eigenvalue weighted by atomic mass is 10.1. The number of hydrogen-bond donors (Lipinski definition) is 2. The predicted molar refractivity (Wildman–Crippen MR) is 90.7 cm³/mol. The third-order valence-electron chi connectivity index (χ3n) is 3.70. The van der Waals surface area contributed by atoms with Gasteiger partial charge in [-0.05, 0) is 24.3 Å². The highest BCUT2D eigenvalue weighted by Gasteiger charge is 2.09. The highest BCUT2D eigenvalue weighted by atomic mass is 16.5. The van der Waals surface area contributed by atoms with Crippen molar-refractivity contribution >= 4 is 10.9 Å². The third kappa shape index (κ3) is 2.65. The molecule has 0 unspecified atom stereocenters. The third-order valence-corrected chi connectivity index (χ3v) is 3.70. The van der Waals surface area contributed by atoms with Gasteiger partial charge in [0.1, 0.15) is 18.2 Å². The molecule has 6 nitrogen and oxygen atoms in total. The van der Waals surface area contributed by atoms with E-state index >= 15 is 0 Å². The fraction of sp³-hybridized carbons (Fsp3) is 0.0556. The number of nitrogens with one attached hydrogen (secondary N) is 2. The van der Waals surface area contributed by atoms with Crippen molar-refractivity contribution in [2.45, 2.75) is 6.61 Å². The van der Waals surface area contributed by atoms with Gasteiger partial charge >= 0.3 is 0 Å². The van der Waals surface area contributed by atoms with Crippen molar-refractivity contribution in [2.24, 2.45) is 0 Å². The number of fused-ring (bicyclic) bond motifs is 1. The van der Waals surface area contributed by atoms with Gasteiger partial charge in [0, 0.05) is 5.56 Å². The van der Waals surface area contributed by atoms with Crippen LogP contribution < -0.4 is 10.3 Å². The fourth-order valence-electron chi connectivity index (χ4n) is 2.57. The summed E-state index contributed by atoms with van der Waals surface area (Å²) in [7, 11) is 0. The van der Waals surface area contributed by atoms with Gasteiger partial charge in [-0.25, -0.2) is 9.97 Å². The minimum absolute atomic E-state index is 0.166. The number of aromatic amines is 2. The van der Waals surface area contributed by atoms with E-state index in [-0.39, 0.29) is 12.2 Å². The summed E-state index contributed by atoms with van der Waals surface area (Å²) in [5.41, 5.74) is 2.26. The van der Waals surface area contributed by atoms with Gasteiger partial charge in [-0.15, -0.1) is 0 Å². The Balaban J connectivity index is 1.63. The molecular formula is C18H14N4O2. The molecule has 2 aromatic carbocycles. The van der Waals surface area contributed by atoms with E-state index in [0.29, 0.717) is 22.5 Å². The molecule has 6 heteroatoms. The number of ether oxygens (including phenoxy) is 1. The largest absolute Gasteiger partial charge is 0.485 e. The minimum atomic E-state index is -0.166. The summed E-state index contributed by atoms with van der Waals surface area (Å²) < 4.78 is 5.87. The molecule has 0 saturated carbocycles. The monoisotopic (exact) mass is 318 g/mol. The van der Waals surface area contributed by atoms with E-state index in [9.17, 15) is 4.79 Å². The lowest BCUT2D eigenvalue weighted by molar-refractivity contribution is 0.297. The maximum atomic E-state index is 12.1. The molecule has 2 heterocycles. The van der Waals surface area contributed by atoms with Crippen LogP contribution in [0.4, 0.5) is 0 Å². The maximum absolute atomic E-state index is 12.1. The Morgan fingerprint density at radius 3 is 2.75 bits per heavy atom. The van der Waals surface area contributed by atoms with Gasteiger partial charge in [0.15, 0.2) is 0 Å². The Hall–Kier alpha value is -3.41. The van der Waals surface area contributed by atoms with Crippen LogP contribution in [-0.4, -0.2) is 19.9 Å². The highest BCUT2D eigenvalue weighted by molar-refractivity contribution is 5.77.